The Morgan fingerprint density at radius 3 is 1.88 bits per heavy atom. The average molecular weight is 157 g/mol. The first kappa shape index (κ1) is 8.22. The van der Waals surface area contributed by atoms with Crippen LogP contribution in [-0.2, 0) is 9.15 Å². The van der Waals surface area contributed by atoms with Crippen molar-refractivity contribution in [2.24, 2.45) is 0 Å². The topological polar surface area (TPSA) is 57.6 Å². The Kier molecular flexibility index (Phi) is 2.75. The molecule has 0 aliphatic rings. The van der Waals surface area contributed by atoms with Crippen LogP contribution in [0.25, 0.3) is 0 Å². The summed E-state index contributed by atoms with van der Waals surface area (Å²) in [6, 6.07) is 0. The molecule has 0 fully saturated rings. The van der Waals surface area contributed by atoms with E-state index in [9.17, 15) is 8.42 Å². The molecule has 0 spiro atoms. The van der Waals surface area contributed by atoms with Crippen molar-refractivity contribution in [3.05, 3.63) is 0 Å². The van der Waals surface area contributed by atoms with Crippen LogP contribution in [0.15, 0.2) is 0 Å². The highest BCUT2D eigenvalue weighted by Crippen LogP contribution is 2.09. The molecule has 0 unspecified atom stereocenters. The van der Waals surface area contributed by atoms with Gasteiger partial charge in [-0.1, -0.05) is 0 Å². The molecule has 0 bridgehead atoms. The molecule has 0 amide bonds. The number of rotatable bonds is 2. The number of nitrogens with zero attached hydrogens (tertiary/aromatic N) is 1. The van der Waals surface area contributed by atoms with E-state index in [1.165, 1.54) is 18.4 Å². The smallest absolute Gasteiger partial charge is 0.276 e. The number of hydrogen-bond donors (Lipinski definition) is 1. The predicted molar refractivity (Wildman–Crippen MR) is 32.8 cm³/mol. The molecule has 4 nitrogen and oxygen atoms in total. The van der Waals surface area contributed by atoms with E-state index in [0.717, 1.165) is 0 Å². The summed E-state index contributed by atoms with van der Waals surface area (Å²) in [6.07, 6.45) is 0. The Morgan fingerprint density at radius 1 is 1.50 bits per heavy atom. The van der Waals surface area contributed by atoms with Gasteiger partial charge in [0.1, 0.15) is 0 Å². The van der Waals surface area contributed by atoms with Gasteiger partial charge >= 0.3 is 9.15 Å². The van der Waals surface area contributed by atoms with Crippen LogP contribution in [0.5, 0.6) is 0 Å². The zero-order valence-electron chi connectivity index (χ0n) is 4.53. The summed E-state index contributed by atoms with van der Waals surface area (Å²) in [5.41, 5.74) is 0. The molecule has 0 aromatic rings. The normalized spacial score (nSPS) is 12.5. The second-order valence-corrected chi connectivity index (χ2v) is 4.76. The van der Waals surface area contributed by atoms with Gasteiger partial charge in [-0.2, -0.15) is 8.42 Å². The second kappa shape index (κ2) is 2.67. The van der Waals surface area contributed by atoms with Crippen LogP contribution >= 0.6 is 11.0 Å². The van der Waals surface area contributed by atoms with E-state index >= 15 is 0 Å². The van der Waals surface area contributed by atoms with Crippen LogP contribution in [-0.4, -0.2) is 31.4 Å². The van der Waals surface area contributed by atoms with Crippen molar-refractivity contribution >= 4 is 20.1 Å². The van der Waals surface area contributed by atoms with E-state index in [2.05, 4.69) is 0 Å². The quantitative estimate of drug-likeness (QED) is 0.347. The molecule has 0 rings (SSSR count). The standard InChI is InChI=1S/C2H7NO3S2/c1-3(2)7-8(4,5)6/h1-2H3,(H,4,5,6). The summed E-state index contributed by atoms with van der Waals surface area (Å²) in [5, 5.41) is 0. The highest BCUT2D eigenvalue weighted by atomic mass is 33.2. The van der Waals surface area contributed by atoms with Gasteiger partial charge in [0.25, 0.3) is 0 Å². The van der Waals surface area contributed by atoms with Gasteiger partial charge in [0.05, 0.1) is 11.0 Å². The number of hydrogen-bond acceptors (Lipinski definition) is 4. The van der Waals surface area contributed by atoms with Crippen molar-refractivity contribution in [1.82, 2.24) is 4.31 Å². The Morgan fingerprint density at radius 2 is 1.88 bits per heavy atom. The van der Waals surface area contributed by atoms with Crippen LogP contribution in [0.1, 0.15) is 0 Å². The van der Waals surface area contributed by atoms with Gasteiger partial charge in [-0.05, 0) is 14.1 Å². The maximum Gasteiger partial charge on any atom is 0.334 e. The summed E-state index contributed by atoms with van der Waals surface area (Å²) < 4.78 is 29.2. The minimum atomic E-state index is -3.88. The monoisotopic (exact) mass is 157 g/mol. The Labute approximate surface area is 52.2 Å². The van der Waals surface area contributed by atoms with Gasteiger partial charge < -0.3 is 0 Å². The van der Waals surface area contributed by atoms with Gasteiger partial charge in [0, 0.05) is 0 Å². The molecule has 0 aliphatic carbocycles. The third-order valence-corrected chi connectivity index (χ3v) is 2.19. The maximum absolute atomic E-state index is 9.92. The molecule has 6 heteroatoms. The molecule has 0 aliphatic heterocycles. The Balaban J connectivity index is 3.75. The summed E-state index contributed by atoms with van der Waals surface area (Å²) in [6.45, 7) is 0. The molecule has 0 aromatic heterocycles. The third kappa shape index (κ3) is 6.22. The van der Waals surface area contributed by atoms with E-state index in [1.807, 2.05) is 0 Å². The summed E-state index contributed by atoms with van der Waals surface area (Å²) in [5.74, 6) is 0. The average Bonchev–Trinajstić information content (AvgIpc) is 1.21. The molecule has 0 saturated carbocycles. The van der Waals surface area contributed by atoms with Crippen molar-refractivity contribution in [3.8, 4) is 0 Å². The first-order valence-corrected chi connectivity index (χ1v) is 4.49. The largest absolute Gasteiger partial charge is 0.334 e. The van der Waals surface area contributed by atoms with E-state index in [0.29, 0.717) is 11.0 Å². The first-order chi connectivity index (χ1) is 3.42. The summed E-state index contributed by atoms with van der Waals surface area (Å²) in [4.78, 5) is 0. The van der Waals surface area contributed by atoms with E-state index < -0.39 is 9.15 Å². The molecular weight excluding hydrogens is 150 g/mol. The molecule has 0 heterocycles. The van der Waals surface area contributed by atoms with Crippen molar-refractivity contribution in [2.45, 2.75) is 0 Å². The van der Waals surface area contributed by atoms with Crippen molar-refractivity contribution < 1.29 is 13.0 Å². The minimum Gasteiger partial charge on any atom is -0.276 e. The van der Waals surface area contributed by atoms with Crippen molar-refractivity contribution in [1.29, 1.82) is 0 Å². The van der Waals surface area contributed by atoms with Gasteiger partial charge in [-0.25, -0.2) is 4.31 Å². The molecule has 50 valence electrons. The van der Waals surface area contributed by atoms with E-state index in [-0.39, 0.29) is 0 Å². The van der Waals surface area contributed by atoms with E-state index in [1.54, 1.807) is 0 Å². The highest BCUT2D eigenvalue weighted by Gasteiger charge is 2.05. The SMILES string of the molecule is CN(C)SS(=O)(=O)O. The lowest BCUT2D eigenvalue weighted by Gasteiger charge is -2.01. The van der Waals surface area contributed by atoms with Gasteiger partial charge in [0.15, 0.2) is 0 Å². The fourth-order valence-corrected chi connectivity index (χ4v) is 1.70. The van der Waals surface area contributed by atoms with Gasteiger partial charge in [-0.15, -0.1) is 0 Å². The second-order valence-electron chi connectivity index (χ2n) is 1.31. The Bertz CT molecular complexity index is 149. The minimum absolute atomic E-state index is 0.373. The van der Waals surface area contributed by atoms with Crippen LogP contribution in [0.2, 0.25) is 0 Å². The molecule has 0 atom stereocenters. The predicted octanol–water partition coefficient (Wildman–Crippen LogP) is -0.001000. The molecule has 8 heavy (non-hydrogen) atoms. The molecule has 0 aromatic carbocycles. The third-order valence-electron chi connectivity index (χ3n) is 0.243. The summed E-state index contributed by atoms with van der Waals surface area (Å²) >= 11 is 0. The van der Waals surface area contributed by atoms with Crippen LogP contribution in [0.4, 0.5) is 0 Å². The van der Waals surface area contributed by atoms with Crippen LogP contribution in [0, 0.1) is 0 Å². The highest BCUT2D eigenvalue weighted by molar-refractivity contribution is 8.68. The zero-order chi connectivity index (χ0) is 6.78. The Hall–Kier alpha value is 0.220. The molecule has 0 radical (unpaired) electrons. The fraction of sp³-hybridized carbons (Fsp3) is 1.00. The summed E-state index contributed by atoms with van der Waals surface area (Å²) in [7, 11) is -0.456. The van der Waals surface area contributed by atoms with Gasteiger partial charge in [-0.3, -0.25) is 4.55 Å². The first-order valence-electron chi connectivity index (χ1n) is 1.76. The van der Waals surface area contributed by atoms with Gasteiger partial charge in [0.2, 0.25) is 0 Å². The van der Waals surface area contributed by atoms with Crippen molar-refractivity contribution in [3.63, 3.8) is 0 Å². The fourth-order valence-electron chi connectivity index (χ4n) is 0.188. The molecule has 0 saturated heterocycles. The molecular formula is C2H7NO3S2. The lowest BCUT2D eigenvalue weighted by Crippen LogP contribution is -2.04. The van der Waals surface area contributed by atoms with Crippen LogP contribution in [0.3, 0.4) is 0 Å². The van der Waals surface area contributed by atoms with Crippen LogP contribution < -0.4 is 0 Å². The lowest BCUT2D eigenvalue weighted by molar-refractivity contribution is 0.501. The zero-order valence-corrected chi connectivity index (χ0v) is 6.16. The molecule has 1 N–H and O–H groups in total. The van der Waals surface area contributed by atoms with E-state index in [4.69, 9.17) is 4.55 Å². The lowest BCUT2D eigenvalue weighted by atomic mass is 11.3. The van der Waals surface area contributed by atoms with Crippen molar-refractivity contribution in [2.75, 3.05) is 14.1 Å². The maximum atomic E-state index is 9.92.